The summed E-state index contributed by atoms with van der Waals surface area (Å²) in [6, 6.07) is 2.08. The lowest BCUT2D eigenvalue weighted by molar-refractivity contribution is -0.135. The van der Waals surface area contributed by atoms with Crippen molar-refractivity contribution in [3.63, 3.8) is 0 Å². The van der Waals surface area contributed by atoms with E-state index in [0.717, 1.165) is 43.8 Å². The van der Waals surface area contributed by atoms with Crippen LogP contribution < -0.4 is 0 Å². The van der Waals surface area contributed by atoms with E-state index in [1.54, 1.807) is 22.4 Å². The van der Waals surface area contributed by atoms with Crippen LogP contribution in [0.15, 0.2) is 18.5 Å². The summed E-state index contributed by atoms with van der Waals surface area (Å²) in [5.74, 6) is -0.233. The van der Waals surface area contributed by atoms with Gasteiger partial charge in [0.05, 0.1) is 15.9 Å². The fourth-order valence-corrected chi connectivity index (χ4v) is 4.88. The number of aliphatic hydroxyl groups excluding tert-OH is 1. The van der Waals surface area contributed by atoms with Crippen molar-refractivity contribution in [1.82, 2.24) is 15.1 Å². The Morgan fingerprint density at radius 1 is 1.54 bits per heavy atom. The van der Waals surface area contributed by atoms with Gasteiger partial charge in [-0.2, -0.15) is 5.10 Å². The Morgan fingerprint density at radius 3 is 3.08 bits per heavy atom. The second-order valence-corrected chi connectivity index (χ2v) is 7.46. The molecule has 1 aromatic carbocycles. The number of nitrogens with zero attached hydrogens (tertiary/aromatic N) is 2. The number of nitrogens with one attached hydrogen (secondary N) is 1. The van der Waals surface area contributed by atoms with E-state index in [-0.39, 0.29) is 5.91 Å². The number of hydrogen-bond acceptors (Lipinski definition) is 4. The third kappa shape index (κ3) is 2.33. The molecule has 1 amide bonds. The van der Waals surface area contributed by atoms with Crippen LogP contribution in [0.5, 0.6) is 0 Å². The summed E-state index contributed by atoms with van der Waals surface area (Å²) < 4.78 is 1.07. The fourth-order valence-electron chi connectivity index (χ4n) is 3.30. The Kier molecular flexibility index (Phi) is 3.83. The second-order valence-electron chi connectivity index (χ2n) is 5.97. The largest absolute Gasteiger partial charge is 0.387 e. The minimum Gasteiger partial charge on any atom is -0.387 e. The van der Waals surface area contributed by atoms with Crippen molar-refractivity contribution in [1.29, 1.82) is 0 Å². The number of H-pyrrole nitrogens is 1. The van der Waals surface area contributed by atoms with Gasteiger partial charge < -0.3 is 10.0 Å². The molecule has 7 heteroatoms. The summed E-state index contributed by atoms with van der Waals surface area (Å²) in [7, 11) is 0. The molecule has 0 radical (unpaired) electrons. The zero-order chi connectivity index (χ0) is 16.8. The molecule has 124 valence electrons. The number of carbonyl (C=O) groups is 1. The Bertz CT molecular complexity index is 933. The molecule has 1 aliphatic rings. The minimum absolute atomic E-state index is 0.233. The molecule has 0 fully saturated rings. The first-order valence-electron chi connectivity index (χ1n) is 7.71. The van der Waals surface area contributed by atoms with Gasteiger partial charge in [-0.05, 0) is 36.1 Å². The van der Waals surface area contributed by atoms with Gasteiger partial charge in [-0.25, -0.2) is 0 Å². The van der Waals surface area contributed by atoms with Crippen molar-refractivity contribution in [3.05, 3.63) is 39.5 Å². The van der Waals surface area contributed by atoms with Crippen LogP contribution in [0.1, 0.15) is 16.0 Å². The van der Waals surface area contributed by atoms with E-state index in [1.165, 1.54) is 4.88 Å². The Morgan fingerprint density at radius 2 is 2.38 bits per heavy atom. The number of carbonyl (C=O) groups excluding carboxylic acids is 1. The highest BCUT2D eigenvalue weighted by atomic mass is 35.5. The van der Waals surface area contributed by atoms with Crippen LogP contribution in [-0.4, -0.2) is 39.3 Å². The van der Waals surface area contributed by atoms with Crippen molar-refractivity contribution in [2.45, 2.75) is 19.9 Å². The van der Waals surface area contributed by atoms with Gasteiger partial charge >= 0.3 is 0 Å². The SMILES string of the molecule is Cc1cc(-c2cn[nH]c2)c2c3c(sc2c1Cl)CCN(C(=O)CO)C3. The number of halogens is 1. The number of hydrogen-bond donors (Lipinski definition) is 2. The Labute approximate surface area is 147 Å². The topological polar surface area (TPSA) is 69.2 Å². The van der Waals surface area contributed by atoms with Crippen molar-refractivity contribution in [3.8, 4) is 11.1 Å². The van der Waals surface area contributed by atoms with E-state index in [4.69, 9.17) is 16.7 Å². The summed E-state index contributed by atoms with van der Waals surface area (Å²) in [6.45, 7) is 2.70. The molecule has 0 atom stereocenters. The summed E-state index contributed by atoms with van der Waals surface area (Å²) in [6.07, 6.45) is 4.46. The summed E-state index contributed by atoms with van der Waals surface area (Å²) in [4.78, 5) is 14.9. The second kappa shape index (κ2) is 5.88. The average Bonchev–Trinajstić information content (AvgIpc) is 3.24. The maximum Gasteiger partial charge on any atom is 0.248 e. The first kappa shape index (κ1) is 15.6. The number of amides is 1. The zero-order valence-corrected chi connectivity index (χ0v) is 14.7. The molecule has 24 heavy (non-hydrogen) atoms. The molecule has 0 aliphatic carbocycles. The maximum atomic E-state index is 11.9. The predicted octanol–water partition coefficient (Wildman–Crippen LogP) is 3.13. The van der Waals surface area contributed by atoms with Gasteiger partial charge in [0.1, 0.15) is 6.61 Å². The van der Waals surface area contributed by atoms with Crippen LogP contribution >= 0.6 is 22.9 Å². The average molecular weight is 362 g/mol. The summed E-state index contributed by atoms with van der Waals surface area (Å²) in [5, 5.41) is 18.0. The molecule has 3 aromatic rings. The molecule has 0 bridgehead atoms. The van der Waals surface area contributed by atoms with Crippen LogP contribution in [0.2, 0.25) is 5.02 Å². The molecule has 3 heterocycles. The Hall–Kier alpha value is -1.89. The van der Waals surface area contributed by atoms with Crippen LogP contribution in [-0.2, 0) is 17.8 Å². The van der Waals surface area contributed by atoms with E-state index in [9.17, 15) is 4.79 Å². The number of aryl methyl sites for hydroxylation is 1. The molecule has 2 N–H and O–H groups in total. The van der Waals surface area contributed by atoms with Gasteiger partial charge in [-0.3, -0.25) is 9.89 Å². The van der Waals surface area contributed by atoms with Gasteiger partial charge in [-0.15, -0.1) is 11.3 Å². The lowest BCUT2D eigenvalue weighted by Gasteiger charge is -2.27. The van der Waals surface area contributed by atoms with E-state index >= 15 is 0 Å². The highest BCUT2D eigenvalue weighted by Gasteiger charge is 2.27. The summed E-state index contributed by atoms with van der Waals surface area (Å²) >= 11 is 8.28. The monoisotopic (exact) mass is 361 g/mol. The van der Waals surface area contributed by atoms with Crippen molar-refractivity contribution < 1.29 is 9.90 Å². The molecule has 0 saturated heterocycles. The maximum absolute atomic E-state index is 11.9. The lowest BCUT2D eigenvalue weighted by atomic mass is 9.96. The molecule has 5 nitrogen and oxygen atoms in total. The molecule has 0 saturated carbocycles. The highest BCUT2D eigenvalue weighted by molar-refractivity contribution is 7.20. The third-order valence-corrected chi connectivity index (χ3v) is 6.43. The van der Waals surface area contributed by atoms with Crippen molar-refractivity contribution in [2.75, 3.05) is 13.2 Å². The number of aliphatic hydroxyl groups is 1. The minimum atomic E-state index is -0.453. The standard InChI is InChI=1S/C17H16ClN3O2S/c1-9-4-11(10-5-19-20-6-10)15-12-7-21(14(23)8-22)3-2-13(12)24-17(15)16(9)18/h4-6,22H,2-3,7-8H2,1H3,(H,19,20). The molecular weight excluding hydrogens is 346 g/mol. The van der Waals surface area contributed by atoms with Gasteiger partial charge in [0, 0.05) is 35.1 Å². The van der Waals surface area contributed by atoms with E-state index in [0.29, 0.717) is 13.1 Å². The summed E-state index contributed by atoms with van der Waals surface area (Å²) in [5.41, 5.74) is 4.26. The number of benzene rings is 1. The third-order valence-electron chi connectivity index (χ3n) is 4.52. The molecule has 0 unspecified atom stereocenters. The zero-order valence-electron chi connectivity index (χ0n) is 13.1. The van der Waals surface area contributed by atoms with Crippen molar-refractivity contribution >= 4 is 38.9 Å². The van der Waals surface area contributed by atoms with E-state index < -0.39 is 6.61 Å². The number of thiophene rings is 1. The van der Waals surface area contributed by atoms with E-state index in [2.05, 4.69) is 16.3 Å². The van der Waals surface area contributed by atoms with Crippen LogP contribution in [0.3, 0.4) is 0 Å². The number of fused-ring (bicyclic) bond motifs is 3. The van der Waals surface area contributed by atoms with Crippen LogP contribution in [0, 0.1) is 6.92 Å². The molecule has 2 aromatic heterocycles. The number of aromatic nitrogens is 2. The van der Waals surface area contributed by atoms with Crippen molar-refractivity contribution in [2.24, 2.45) is 0 Å². The van der Waals surface area contributed by atoms with E-state index in [1.807, 2.05) is 13.1 Å². The molecular formula is C17H16ClN3O2S. The van der Waals surface area contributed by atoms with Gasteiger partial charge in [-0.1, -0.05) is 11.6 Å². The molecule has 4 rings (SSSR count). The quantitative estimate of drug-likeness (QED) is 0.736. The normalized spacial score (nSPS) is 14.2. The molecule has 1 aliphatic heterocycles. The van der Waals surface area contributed by atoms with Crippen LogP contribution in [0.4, 0.5) is 0 Å². The lowest BCUT2D eigenvalue weighted by Crippen LogP contribution is -2.37. The van der Waals surface area contributed by atoms with Gasteiger partial charge in [0.15, 0.2) is 0 Å². The Balaban J connectivity index is 1.96. The van der Waals surface area contributed by atoms with Crippen LogP contribution in [0.25, 0.3) is 21.2 Å². The first-order valence-corrected chi connectivity index (χ1v) is 8.90. The fraction of sp³-hybridized carbons (Fsp3) is 0.294. The number of aromatic amines is 1. The highest BCUT2D eigenvalue weighted by Crippen LogP contribution is 2.45. The number of rotatable bonds is 2. The predicted molar refractivity (Wildman–Crippen MR) is 95.4 cm³/mol. The first-order chi connectivity index (χ1) is 11.6. The van der Waals surface area contributed by atoms with Gasteiger partial charge in [0.2, 0.25) is 5.91 Å². The molecule has 0 spiro atoms. The van der Waals surface area contributed by atoms with Gasteiger partial charge in [0.25, 0.3) is 0 Å². The smallest absolute Gasteiger partial charge is 0.248 e.